The third-order valence-electron chi connectivity index (χ3n) is 5.82. The van der Waals surface area contributed by atoms with Gasteiger partial charge in [-0.3, -0.25) is 4.90 Å². The predicted octanol–water partition coefficient (Wildman–Crippen LogP) is 5.40. The number of ether oxygens (including phenoxy) is 2. The Hall–Kier alpha value is -4.63. The highest BCUT2D eigenvalue weighted by Gasteiger charge is 2.53. The van der Waals surface area contributed by atoms with Crippen LogP contribution in [0.3, 0.4) is 0 Å². The van der Waals surface area contributed by atoms with E-state index in [-0.39, 0.29) is 5.57 Å². The van der Waals surface area contributed by atoms with Crippen molar-refractivity contribution in [3.05, 3.63) is 120 Å². The van der Waals surface area contributed by atoms with Gasteiger partial charge in [0.15, 0.2) is 5.54 Å². The van der Waals surface area contributed by atoms with Gasteiger partial charge in [0.05, 0.1) is 19.1 Å². The van der Waals surface area contributed by atoms with Crippen molar-refractivity contribution >= 4 is 18.1 Å². The lowest BCUT2D eigenvalue weighted by Gasteiger charge is -2.44. The van der Waals surface area contributed by atoms with Crippen molar-refractivity contribution in [2.45, 2.75) is 11.5 Å². The maximum atomic E-state index is 13.5. The third-order valence-corrected chi connectivity index (χ3v) is 5.82. The summed E-state index contributed by atoms with van der Waals surface area (Å²) in [5, 5.41) is 10.8. The van der Waals surface area contributed by atoms with Crippen LogP contribution in [-0.4, -0.2) is 24.1 Å². The first-order chi connectivity index (χ1) is 16.5. The molecule has 0 spiro atoms. The lowest BCUT2D eigenvalue weighted by molar-refractivity contribution is -0.136. The molecule has 0 saturated carbocycles. The molecule has 1 amide bonds. The van der Waals surface area contributed by atoms with Gasteiger partial charge in [0.25, 0.3) is 0 Å². The fraction of sp³-hybridized carbons (Fsp3) is 0.107. The van der Waals surface area contributed by atoms with Gasteiger partial charge in [-0.15, -0.1) is 0 Å². The first-order valence-corrected chi connectivity index (χ1v) is 10.6. The molecule has 2 atom stereocenters. The Balaban J connectivity index is 1.95. The lowest BCUT2D eigenvalue weighted by atomic mass is 9.68. The standard InChI is InChI=1S/C28H22N2O4/c1-20(26(31)33-2)25(22-12-5-3-6-13-22)28(19-29)24-16-10-9-11-21(24)17-18-30(28)27(32)34-23-14-7-4-8-15-23/h3-18,25H,1H2,2H3/t25-,28-/m0/s1. The van der Waals surface area contributed by atoms with Gasteiger partial charge in [0.1, 0.15) is 5.75 Å². The highest BCUT2D eigenvalue weighted by molar-refractivity contribution is 5.91. The van der Waals surface area contributed by atoms with Crippen LogP contribution < -0.4 is 4.74 Å². The van der Waals surface area contributed by atoms with E-state index in [4.69, 9.17) is 9.47 Å². The Morgan fingerprint density at radius 3 is 2.24 bits per heavy atom. The molecule has 0 aromatic heterocycles. The summed E-state index contributed by atoms with van der Waals surface area (Å²) in [6, 6.07) is 27.2. The molecular weight excluding hydrogens is 428 g/mol. The molecule has 0 radical (unpaired) electrons. The van der Waals surface area contributed by atoms with Crippen LogP contribution in [0.4, 0.5) is 4.79 Å². The summed E-state index contributed by atoms with van der Waals surface area (Å²) in [4.78, 5) is 27.5. The number of fused-ring (bicyclic) bond motifs is 1. The van der Waals surface area contributed by atoms with Crippen LogP contribution in [0.1, 0.15) is 22.6 Å². The van der Waals surface area contributed by atoms with Crippen molar-refractivity contribution in [2.75, 3.05) is 7.11 Å². The number of benzene rings is 3. The van der Waals surface area contributed by atoms with E-state index in [2.05, 4.69) is 12.6 Å². The zero-order chi connectivity index (χ0) is 24.1. The third kappa shape index (κ3) is 3.84. The number of nitriles is 1. The Bertz CT molecular complexity index is 1290. The van der Waals surface area contributed by atoms with E-state index in [1.165, 1.54) is 18.2 Å². The monoisotopic (exact) mass is 450 g/mol. The molecule has 0 unspecified atom stereocenters. The van der Waals surface area contributed by atoms with Gasteiger partial charge in [-0.05, 0) is 29.3 Å². The van der Waals surface area contributed by atoms with Gasteiger partial charge >= 0.3 is 12.1 Å². The molecule has 3 aromatic rings. The van der Waals surface area contributed by atoms with Crippen LogP contribution in [-0.2, 0) is 15.1 Å². The van der Waals surface area contributed by atoms with Crippen LogP contribution in [0, 0.1) is 11.3 Å². The molecule has 0 fully saturated rings. The van der Waals surface area contributed by atoms with E-state index in [9.17, 15) is 14.9 Å². The molecule has 1 heterocycles. The van der Waals surface area contributed by atoms with E-state index >= 15 is 0 Å². The van der Waals surface area contributed by atoms with Crippen molar-refractivity contribution < 1.29 is 19.1 Å². The van der Waals surface area contributed by atoms with Crippen molar-refractivity contribution in [1.82, 2.24) is 4.90 Å². The predicted molar refractivity (Wildman–Crippen MR) is 127 cm³/mol. The van der Waals surface area contributed by atoms with Gasteiger partial charge in [-0.25, -0.2) is 9.59 Å². The minimum absolute atomic E-state index is 0.0397. The number of hydrogen-bond acceptors (Lipinski definition) is 5. The van der Waals surface area contributed by atoms with Crippen molar-refractivity contribution in [2.24, 2.45) is 0 Å². The maximum Gasteiger partial charge on any atom is 0.420 e. The largest absolute Gasteiger partial charge is 0.466 e. The molecule has 6 nitrogen and oxygen atoms in total. The van der Waals surface area contributed by atoms with Crippen LogP contribution >= 0.6 is 0 Å². The lowest BCUT2D eigenvalue weighted by Crippen LogP contribution is -2.53. The maximum absolute atomic E-state index is 13.5. The normalized spacial score (nSPS) is 17.1. The van der Waals surface area contributed by atoms with Gasteiger partial charge in [0, 0.05) is 17.3 Å². The molecule has 0 bridgehead atoms. The van der Waals surface area contributed by atoms with Gasteiger partial charge in [-0.2, -0.15) is 5.26 Å². The number of amides is 1. The number of rotatable bonds is 5. The van der Waals surface area contributed by atoms with Crippen LogP contribution in [0.2, 0.25) is 0 Å². The SMILES string of the molecule is C=C(C(=O)OC)[C@@H](c1ccccc1)[C@]1(C#N)c2ccccc2C=CN1C(=O)Oc1ccccc1. The zero-order valence-corrected chi connectivity index (χ0v) is 18.5. The van der Waals surface area contributed by atoms with Crippen LogP contribution in [0.15, 0.2) is 103 Å². The molecule has 1 aliphatic rings. The second-order valence-electron chi connectivity index (χ2n) is 7.69. The summed E-state index contributed by atoms with van der Waals surface area (Å²) in [5.41, 5.74) is 0.277. The summed E-state index contributed by atoms with van der Waals surface area (Å²) in [6.07, 6.45) is 2.48. The molecule has 168 valence electrons. The molecular formula is C28H22N2O4. The second-order valence-corrected chi connectivity index (χ2v) is 7.69. The Morgan fingerprint density at radius 1 is 0.971 bits per heavy atom. The van der Waals surface area contributed by atoms with Crippen molar-refractivity contribution in [3.8, 4) is 11.8 Å². The number of hydrogen-bond donors (Lipinski definition) is 0. The van der Waals surface area contributed by atoms with E-state index in [1.54, 1.807) is 72.8 Å². The fourth-order valence-corrected chi connectivity index (χ4v) is 4.30. The Labute approximate surface area is 198 Å². The number of nitrogens with zero attached hydrogens (tertiary/aromatic N) is 2. The van der Waals surface area contributed by atoms with Crippen LogP contribution in [0.5, 0.6) is 5.75 Å². The number of esters is 1. The molecule has 34 heavy (non-hydrogen) atoms. The van der Waals surface area contributed by atoms with E-state index in [0.717, 1.165) is 5.56 Å². The minimum atomic E-state index is -1.68. The van der Waals surface area contributed by atoms with Crippen molar-refractivity contribution in [3.63, 3.8) is 0 Å². The molecule has 1 aliphatic heterocycles. The molecule has 6 heteroatoms. The minimum Gasteiger partial charge on any atom is -0.466 e. The smallest absolute Gasteiger partial charge is 0.420 e. The summed E-state index contributed by atoms with van der Waals surface area (Å²) in [5.74, 6) is -1.29. The molecule has 3 aromatic carbocycles. The average Bonchev–Trinajstić information content (AvgIpc) is 2.89. The van der Waals surface area contributed by atoms with Crippen LogP contribution in [0.25, 0.3) is 6.08 Å². The van der Waals surface area contributed by atoms with Gasteiger partial charge < -0.3 is 9.47 Å². The number of carbonyl (C=O) groups is 2. The average molecular weight is 450 g/mol. The fourth-order valence-electron chi connectivity index (χ4n) is 4.30. The molecule has 4 rings (SSSR count). The van der Waals surface area contributed by atoms with E-state index in [1.807, 2.05) is 18.2 Å². The number of carbonyl (C=O) groups excluding carboxylic acids is 2. The topological polar surface area (TPSA) is 79.6 Å². The summed E-state index contributed by atoms with van der Waals surface area (Å²) in [7, 11) is 1.25. The number of para-hydroxylation sites is 1. The molecule has 0 saturated heterocycles. The van der Waals surface area contributed by atoms with Crippen molar-refractivity contribution in [1.29, 1.82) is 5.26 Å². The number of methoxy groups -OCH3 is 1. The van der Waals surface area contributed by atoms with Gasteiger partial charge in [0.2, 0.25) is 0 Å². The first kappa shape index (κ1) is 22.6. The Kier molecular flexibility index (Phi) is 6.28. The van der Waals surface area contributed by atoms with Gasteiger partial charge in [-0.1, -0.05) is 79.4 Å². The second kappa shape index (κ2) is 9.47. The van der Waals surface area contributed by atoms with E-state index < -0.39 is 23.5 Å². The molecule has 0 aliphatic carbocycles. The highest BCUT2D eigenvalue weighted by Crippen LogP contribution is 2.49. The first-order valence-electron chi connectivity index (χ1n) is 10.6. The molecule has 0 N–H and O–H groups in total. The van der Waals surface area contributed by atoms with E-state index in [0.29, 0.717) is 16.9 Å². The quantitative estimate of drug-likeness (QED) is 0.384. The zero-order valence-electron chi connectivity index (χ0n) is 18.5. The Morgan fingerprint density at radius 2 is 1.59 bits per heavy atom. The summed E-state index contributed by atoms with van der Waals surface area (Å²) in [6.45, 7) is 3.99. The summed E-state index contributed by atoms with van der Waals surface area (Å²) >= 11 is 0. The highest BCUT2D eigenvalue weighted by atomic mass is 16.6. The summed E-state index contributed by atoms with van der Waals surface area (Å²) < 4.78 is 10.6.